The number of halogens is 3. The zero-order valence-electron chi connectivity index (χ0n) is 11.0. The van der Waals surface area contributed by atoms with Crippen LogP contribution in [0.5, 0.6) is 0 Å². The van der Waals surface area contributed by atoms with Crippen LogP contribution >= 0.6 is 39.1 Å². The van der Waals surface area contributed by atoms with Crippen molar-refractivity contribution in [3.63, 3.8) is 0 Å². The maximum Gasteiger partial charge on any atom is 0.363 e. The first-order chi connectivity index (χ1) is 10.5. The Balaban J connectivity index is 1.98. The molecule has 0 saturated heterocycles. The first kappa shape index (κ1) is 15.3. The number of cyclic esters (lactones) is 1. The van der Waals surface area contributed by atoms with Crippen LogP contribution < -0.4 is 0 Å². The van der Waals surface area contributed by atoms with Gasteiger partial charge in [-0.25, -0.2) is 9.79 Å². The van der Waals surface area contributed by atoms with Crippen LogP contribution in [0, 0.1) is 0 Å². The van der Waals surface area contributed by atoms with Gasteiger partial charge < -0.3 is 4.74 Å². The molecule has 0 radical (unpaired) electrons. The first-order valence-electron chi connectivity index (χ1n) is 6.27. The topological polar surface area (TPSA) is 38.7 Å². The average Bonchev–Trinajstić information content (AvgIpc) is 2.84. The summed E-state index contributed by atoms with van der Waals surface area (Å²) in [6.07, 6.45) is 1.61. The summed E-state index contributed by atoms with van der Waals surface area (Å²) in [6.45, 7) is 0. The Hall–Kier alpha value is -1.62. The SMILES string of the molecule is O=C1OC(c2ccccc2Br)=N/C1=C/c1ccc(Cl)c(Cl)c1. The van der Waals surface area contributed by atoms with Gasteiger partial charge in [0.1, 0.15) is 0 Å². The number of benzene rings is 2. The Morgan fingerprint density at radius 3 is 2.59 bits per heavy atom. The van der Waals surface area contributed by atoms with Gasteiger partial charge in [0.25, 0.3) is 0 Å². The molecule has 0 spiro atoms. The summed E-state index contributed by atoms with van der Waals surface area (Å²) in [6, 6.07) is 12.5. The number of ether oxygens (including phenoxy) is 1. The van der Waals surface area contributed by atoms with E-state index in [1.807, 2.05) is 24.3 Å². The second-order valence-electron chi connectivity index (χ2n) is 4.49. The molecule has 2 aromatic carbocycles. The fourth-order valence-corrected chi connectivity index (χ4v) is 2.68. The molecule has 0 aliphatic carbocycles. The summed E-state index contributed by atoms with van der Waals surface area (Å²) in [4.78, 5) is 16.2. The molecule has 1 aliphatic heterocycles. The lowest BCUT2D eigenvalue weighted by Crippen LogP contribution is -2.05. The molecule has 0 bridgehead atoms. The number of aliphatic imine (C=N–C) groups is 1. The molecule has 0 fully saturated rings. The normalized spacial score (nSPS) is 15.9. The zero-order valence-corrected chi connectivity index (χ0v) is 14.1. The van der Waals surface area contributed by atoms with E-state index in [1.54, 1.807) is 24.3 Å². The highest BCUT2D eigenvalue weighted by atomic mass is 79.9. The molecule has 0 atom stereocenters. The molecule has 1 aliphatic rings. The third kappa shape index (κ3) is 3.09. The molecule has 0 saturated carbocycles. The largest absolute Gasteiger partial charge is 0.402 e. The lowest BCUT2D eigenvalue weighted by atomic mass is 10.2. The molecule has 3 nitrogen and oxygen atoms in total. The van der Waals surface area contributed by atoms with E-state index < -0.39 is 5.97 Å². The maximum absolute atomic E-state index is 11.9. The molecule has 6 heteroatoms. The third-order valence-electron chi connectivity index (χ3n) is 2.97. The van der Waals surface area contributed by atoms with Gasteiger partial charge in [0.05, 0.1) is 15.6 Å². The lowest BCUT2D eigenvalue weighted by molar-refractivity contribution is -0.129. The number of hydrogen-bond donors (Lipinski definition) is 0. The Labute approximate surface area is 145 Å². The van der Waals surface area contributed by atoms with E-state index in [2.05, 4.69) is 20.9 Å². The second-order valence-corrected chi connectivity index (χ2v) is 6.16. The Kier molecular flexibility index (Phi) is 4.34. The molecule has 2 aromatic rings. The molecule has 0 unspecified atom stereocenters. The van der Waals surface area contributed by atoms with E-state index in [1.165, 1.54) is 0 Å². The van der Waals surface area contributed by atoms with Crippen molar-refractivity contribution < 1.29 is 9.53 Å². The standard InChI is InChI=1S/C16H8BrCl2NO2/c17-11-4-2-1-3-10(11)15-20-14(16(21)22-15)8-9-5-6-12(18)13(19)7-9/h1-8H/b14-8+. The van der Waals surface area contributed by atoms with Gasteiger partial charge in [-0.3, -0.25) is 0 Å². The number of hydrogen-bond acceptors (Lipinski definition) is 3. The van der Waals surface area contributed by atoms with E-state index in [0.717, 1.165) is 10.0 Å². The van der Waals surface area contributed by atoms with Gasteiger partial charge in [-0.1, -0.05) is 41.4 Å². The minimum Gasteiger partial charge on any atom is -0.402 e. The van der Waals surface area contributed by atoms with E-state index >= 15 is 0 Å². The van der Waals surface area contributed by atoms with E-state index in [0.29, 0.717) is 15.6 Å². The van der Waals surface area contributed by atoms with Gasteiger partial charge in [-0.15, -0.1) is 0 Å². The molecule has 0 aromatic heterocycles. The predicted molar refractivity (Wildman–Crippen MR) is 91.2 cm³/mol. The fourth-order valence-electron chi connectivity index (χ4n) is 1.92. The molecule has 0 N–H and O–H groups in total. The fraction of sp³-hybridized carbons (Fsp3) is 0. The molecular formula is C16H8BrCl2NO2. The third-order valence-corrected chi connectivity index (χ3v) is 4.40. The quantitative estimate of drug-likeness (QED) is 0.523. The van der Waals surface area contributed by atoms with Crippen LogP contribution in [0.3, 0.4) is 0 Å². The van der Waals surface area contributed by atoms with Crippen molar-refractivity contribution in [2.24, 2.45) is 4.99 Å². The highest BCUT2D eigenvalue weighted by Gasteiger charge is 2.25. The second kappa shape index (κ2) is 6.24. The molecular weight excluding hydrogens is 389 g/mol. The first-order valence-corrected chi connectivity index (χ1v) is 7.82. The van der Waals surface area contributed by atoms with E-state index in [-0.39, 0.29) is 11.6 Å². The van der Waals surface area contributed by atoms with Crippen molar-refractivity contribution in [2.45, 2.75) is 0 Å². The Morgan fingerprint density at radius 1 is 1.09 bits per heavy atom. The smallest absolute Gasteiger partial charge is 0.363 e. The van der Waals surface area contributed by atoms with Gasteiger partial charge in [-0.05, 0) is 51.8 Å². The van der Waals surface area contributed by atoms with Crippen LogP contribution in [-0.2, 0) is 9.53 Å². The van der Waals surface area contributed by atoms with E-state index in [4.69, 9.17) is 27.9 Å². The van der Waals surface area contributed by atoms with Crippen LogP contribution in [0.15, 0.2) is 57.6 Å². The average molecular weight is 397 g/mol. The Morgan fingerprint density at radius 2 is 1.86 bits per heavy atom. The zero-order chi connectivity index (χ0) is 15.7. The summed E-state index contributed by atoms with van der Waals surface area (Å²) in [7, 11) is 0. The summed E-state index contributed by atoms with van der Waals surface area (Å²) < 4.78 is 6.02. The molecule has 1 heterocycles. The number of carbonyl (C=O) groups excluding carboxylic acids is 1. The van der Waals surface area contributed by atoms with E-state index in [9.17, 15) is 4.79 Å². The number of carbonyl (C=O) groups is 1. The number of rotatable bonds is 2. The number of esters is 1. The van der Waals surface area contributed by atoms with Crippen molar-refractivity contribution in [1.29, 1.82) is 0 Å². The van der Waals surface area contributed by atoms with Crippen LogP contribution in [0.1, 0.15) is 11.1 Å². The van der Waals surface area contributed by atoms with Crippen molar-refractivity contribution >= 4 is 57.1 Å². The lowest BCUT2D eigenvalue weighted by Gasteiger charge is -2.01. The minimum atomic E-state index is -0.503. The summed E-state index contributed by atoms with van der Waals surface area (Å²) in [5, 5.41) is 0.868. The maximum atomic E-state index is 11.9. The van der Waals surface area contributed by atoms with Crippen molar-refractivity contribution in [3.05, 3.63) is 73.8 Å². The van der Waals surface area contributed by atoms with Gasteiger partial charge in [0, 0.05) is 4.47 Å². The summed E-state index contributed by atoms with van der Waals surface area (Å²) in [5.41, 5.74) is 1.65. The van der Waals surface area contributed by atoms with Crippen LogP contribution in [0.25, 0.3) is 6.08 Å². The van der Waals surface area contributed by atoms with Crippen LogP contribution in [-0.4, -0.2) is 11.9 Å². The van der Waals surface area contributed by atoms with Crippen molar-refractivity contribution in [2.75, 3.05) is 0 Å². The predicted octanol–water partition coefficient (Wildman–Crippen LogP) is 5.10. The highest BCUT2D eigenvalue weighted by molar-refractivity contribution is 9.10. The van der Waals surface area contributed by atoms with Gasteiger partial charge >= 0.3 is 5.97 Å². The van der Waals surface area contributed by atoms with Gasteiger partial charge in [-0.2, -0.15) is 0 Å². The summed E-state index contributed by atoms with van der Waals surface area (Å²) >= 11 is 15.2. The highest BCUT2D eigenvalue weighted by Crippen LogP contribution is 2.26. The van der Waals surface area contributed by atoms with Crippen molar-refractivity contribution in [1.82, 2.24) is 0 Å². The molecule has 0 amide bonds. The number of nitrogens with zero attached hydrogens (tertiary/aromatic N) is 1. The van der Waals surface area contributed by atoms with Crippen molar-refractivity contribution in [3.8, 4) is 0 Å². The van der Waals surface area contributed by atoms with Gasteiger partial charge in [0.2, 0.25) is 5.90 Å². The summed E-state index contributed by atoms with van der Waals surface area (Å²) in [5.74, 6) is -0.236. The Bertz CT molecular complexity index is 831. The molecule has 110 valence electrons. The monoisotopic (exact) mass is 395 g/mol. The molecule has 22 heavy (non-hydrogen) atoms. The van der Waals surface area contributed by atoms with Crippen LogP contribution in [0.4, 0.5) is 0 Å². The van der Waals surface area contributed by atoms with Gasteiger partial charge in [0.15, 0.2) is 5.70 Å². The minimum absolute atomic E-state index is 0.212. The molecule has 3 rings (SSSR count). The van der Waals surface area contributed by atoms with Crippen LogP contribution in [0.2, 0.25) is 10.0 Å².